The van der Waals surface area contributed by atoms with Crippen LogP contribution in [0.3, 0.4) is 0 Å². The third kappa shape index (κ3) is 9.85. The summed E-state index contributed by atoms with van der Waals surface area (Å²) in [5, 5.41) is 30.7. The summed E-state index contributed by atoms with van der Waals surface area (Å²) in [6.07, 6.45) is 16.4. The van der Waals surface area contributed by atoms with Gasteiger partial charge in [-0.1, -0.05) is 64.0 Å². The molecule has 0 saturated heterocycles. The molecule has 0 amide bonds. The lowest BCUT2D eigenvalue weighted by Crippen LogP contribution is -2.71. The van der Waals surface area contributed by atoms with Crippen LogP contribution in [0.4, 0.5) is 0 Å². The Hall–Kier alpha value is -1.89. The maximum Gasteiger partial charge on any atom is 0.362 e. The summed E-state index contributed by atoms with van der Waals surface area (Å²) >= 11 is 0. The number of carboxylic acids is 3. The van der Waals surface area contributed by atoms with Crippen molar-refractivity contribution in [2.45, 2.75) is 116 Å². The van der Waals surface area contributed by atoms with Gasteiger partial charge in [0, 0.05) is 6.42 Å². The minimum atomic E-state index is -1.44. The maximum atomic E-state index is 11.7. The summed E-state index contributed by atoms with van der Waals surface area (Å²) < 4.78 is -0.571. The van der Waals surface area contributed by atoms with Crippen molar-refractivity contribution in [3.05, 3.63) is 12.2 Å². The summed E-state index contributed by atoms with van der Waals surface area (Å²) in [5.74, 6) is -3.87. The lowest BCUT2D eigenvalue weighted by molar-refractivity contribution is -0.969. The normalized spacial score (nSPS) is 16.5. The fourth-order valence-corrected chi connectivity index (χ4v) is 4.31. The largest absolute Gasteiger partial charge is 0.544 e. The molecule has 3 atom stereocenters. The third-order valence-electron chi connectivity index (χ3n) is 6.53. The molecule has 0 aliphatic carbocycles. The number of nitrogens with zero attached hydrogens (tertiary/aromatic N) is 1. The van der Waals surface area contributed by atoms with Gasteiger partial charge in [-0.15, -0.1) is 0 Å². The maximum absolute atomic E-state index is 11.7. The van der Waals surface area contributed by atoms with E-state index < -0.39 is 40.5 Å². The van der Waals surface area contributed by atoms with Gasteiger partial charge >= 0.3 is 11.9 Å². The van der Waals surface area contributed by atoms with Crippen molar-refractivity contribution in [2.24, 2.45) is 0 Å². The number of carbonyl (C=O) groups is 3. The molecule has 3 unspecified atom stereocenters. The quantitative estimate of drug-likeness (QED) is 0.179. The summed E-state index contributed by atoms with van der Waals surface area (Å²) in [7, 11) is 0. The Kier molecular flexibility index (Phi) is 14.9. The number of quaternary nitrogens is 1. The number of carboxylic acid groups (broad SMARTS) is 3. The van der Waals surface area contributed by atoms with E-state index in [1.54, 1.807) is 0 Å². The van der Waals surface area contributed by atoms with E-state index in [9.17, 15) is 29.7 Å². The first kappa shape index (κ1) is 29.1. The molecule has 0 rings (SSSR count). The molecule has 0 heterocycles. The standard InChI is InChI=1S/C24H43NO6/c1-5-6-7-8-9-10-11-12-13-14-15-16-17-18-25(19(2)22(26)27,20(3)23(28)29)21(4)24(30)31/h14-15,19-21H,5-13,16-18H2,1-4H3,(H2-,26,27,28,29,30,31)/b15-14+. The summed E-state index contributed by atoms with van der Waals surface area (Å²) in [6, 6.07) is -3.61. The van der Waals surface area contributed by atoms with Crippen LogP contribution in [-0.4, -0.2) is 57.3 Å². The predicted octanol–water partition coefficient (Wildman–Crippen LogP) is 3.76. The zero-order valence-electron chi connectivity index (χ0n) is 19.8. The fraction of sp³-hybridized carbons (Fsp3) is 0.792. The highest BCUT2D eigenvalue weighted by molar-refractivity contribution is 5.76. The van der Waals surface area contributed by atoms with Crippen molar-refractivity contribution >= 4 is 17.9 Å². The van der Waals surface area contributed by atoms with Crippen LogP contribution in [0.15, 0.2) is 12.2 Å². The minimum Gasteiger partial charge on any atom is -0.544 e. The SMILES string of the molecule is CCCCCCCCCC/C=C/CCC[N+](C(C)C(=O)[O-])(C(C)C(=O)O)C(C)C(=O)O. The van der Waals surface area contributed by atoms with Gasteiger partial charge in [-0.05, 0) is 40.0 Å². The van der Waals surface area contributed by atoms with Crippen LogP contribution >= 0.6 is 0 Å². The average Bonchev–Trinajstić information content (AvgIpc) is 2.72. The fourth-order valence-electron chi connectivity index (χ4n) is 4.31. The van der Waals surface area contributed by atoms with Crippen LogP contribution in [0.5, 0.6) is 0 Å². The lowest BCUT2D eigenvalue weighted by atomic mass is 10.0. The molecule has 0 radical (unpaired) electrons. The van der Waals surface area contributed by atoms with Crippen LogP contribution in [0.2, 0.25) is 0 Å². The van der Waals surface area contributed by atoms with E-state index in [4.69, 9.17) is 0 Å². The van der Waals surface area contributed by atoms with E-state index in [0.29, 0.717) is 12.8 Å². The van der Waals surface area contributed by atoms with E-state index in [1.165, 1.54) is 65.7 Å². The number of unbranched alkanes of at least 4 members (excludes halogenated alkanes) is 9. The number of rotatable bonds is 19. The van der Waals surface area contributed by atoms with Gasteiger partial charge in [0.2, 0.25) is 0 Å². The molecule has 0 aliphatic heterocycles. The van der Waals surface area contributed by atoms with Gasteiger partial charge in [-0.25, -0.2) is 9.59 Å². The average molecular weight is 442 g/mol. The van der Waals surface area contributed by atoms with E-state index in [1.807, 2.05) is 6.08 Å². The molecule has 0 aromatic carbocycles. The number of carbonyl (C=O) groups excluding carboxylic acids is 1. The molecular weight excluding hydrogens is 398 g/mol. The molecule has 0 spiro atoms. The number of hydrogen-bond acceptors (Lipinski definition) is 4. The van der Waals surface area contributed by atoms with E-state index in [2.05, 4.69) is 13.0 Å². The van der Waals surface area contributed by atoms with Gasteiger partial charge in [0.05, 0.1) is 12.5 Å². The first-order valence-electron chi connectivity index (χ1n) is 11.8. The Morgan fingerprint density at radius 3 is 1.58 bits per heavy atom. The highest BCUT2D eigenvalue weighted by Crippen LogP contribution is 2.27. The summed E-state index contributed by atoms with van der Waals surface area (Å²) in [4.78, 5) is 35.0. The van der Waals surface area contributed by atoms with Crippen LogP contribution < -0.4 is 5.11 Å². The molecule has 7 heteroatoms. The van der Waals surface area contributed by atoms with Gasteiger partial charge in [0.25, 0.3) is 0 Å². The Bertz CT molecular complexity index is 524. The Labute approximate surface area is 187 Å². The van der Waals surface area contributed by atoms with Crippen molar-refractivity contribution in [2.75, 3.05) is 6.54 Å². The third-order valence-corrected chi connectivity index (χ3v) is 6.53. The second-order valence-electron chi connectivity index (χ2n) is 8.62. The van der Waals surface area contributed by atoms with Crippen molar-refractivity contribution in [3.8, 4) is 0 Å². The van der Waals surface area contributed by atoms with Gasteiger partial charge in [0.15, 0.2) is 12.1 Å². The molecule has 0 aromatic heterocycles. The summed E-state index contributed by atoms with van der Waals surface area (Å²) in [6.45, 7) is 6.44. The molecule has 0 bridgehead atoms. The van der Waals surface area contributed by atoms with Gasteiger partial charge in [-0.2, -0.15) is 0 Å². The Morgan fingerprint density at radius 1 is 0.742 bits per heavy atom. The summed E-state index contributed by atoms with van der Waals surface area (Å²) in [5.41, 5.74) is 0. The van der Waals surface area contributed by atoms with Crippen LogP contribution in [0.25, 0.3) is 0 Å². The van der Waals surface area contributed by atoms with E-state index in [-0.39, 0.29) is 6.54 Å². The molecule has 2 N–H and O–H groups in total. The first-order chi connectivity index (χ1) is 14.6. The minimum absolute atomic E-state index is 0.137. The molecule has 0 aliphatic rings. The van der Waals surface area contributed by atoms with E-state index >= 15 is 0 Å². The van der Waals surface area contributed by atoms with Crippen LogP contribution in [0, 0.1) is 0 Å². The molecule has 0 saturated carbocycles. The molecule has 0 fully saturated rings. The van der Waals surface area contributed by atoms with Crippen molar-refractivity contribution in [1.29, 1.82) is 0 Å². The molecule has 0 aromatic rings. The van der Waals surface area contributed by atoms with E-state index in [0.717, 1.165) is 12.8 Å². The van der Waals surface area contributed by atoms with Crippen LogP contribution in [0.1, 0.15) is 98.3 Å². The first-order valence-corrected chi connectivity index (χ1v) is 11.8. The number of hydrogen-bond donors (Lipinski definition) is 2. The highest BCUT2D eigenvalue weighted by atomic mass is 16.4. The molecule has 31 heavy (non-hydrogen) atoms. The Balaban J connectivity index is 4.71. The van der Waals surface area contributed by atoms with Gasteiger partial charge in [-0.3, -0.25) is 4.48 Å². The molecular formula is C24H43NO6. The zero-order valence-corrected chi connectivity index (χ0v) is 19.8. The second kappa shape index (κ2) is 15.8. The smallest absolute Gasteiger partial charge is 0.362 e. The molecule has 180 valence electrons. The Morgan fingerprint density at radius 2 is 1.16 bits per heavy atom. The van der Waals surface area contributed by atoms with Crippen LogP contribution in [-0.2, 0) is 14.4 Å². The molecule has 7 nitrogen and oxygen atoms in total. The lowest BCUT2D eigenvalue weighted by Gasteiger charge is -2.49. The second-order valence-corrected chi connectivity index (χ2v) is 8.62. The topological polar surface area (TPSA) is 115 Å². The number of allylic oxidation sites excluding steroid dienone is 2. The monoisotopic (exact) mass is 441 g/mol. The van der Waals surface area contributed by atoms with Crippen molar-refractivity contribution < 1.29 is 34.2 Å². The predicted molar refractivity (Wildman–Crippen MR) is 119 cm³/mol. The van der Waals surface area contributed by atoms with Gasteiger partial charge in [0.1, 0.15) is 6.04 Å². The number of aliphatic carboxylic acids is 3. The highest BCUT2D eigenvalue weighted by Gasteiger charge is 2.50. The van der Waals surface area contributed by atoms with Crippen molar-refractivity contribution in [3.63, 3.8) is 0 Å². The van der Waals surface area contributed by atoms with Crippen molar-refractivity contribution in [1.82, 2.24) is 0 Å². The zero-order chi connectivity index (χ0) is 23.9. The van der Waals surface area contributed by atoms with Gasteiger partial charge < -0.3 is 20.1 Å².